The van der Waals surface area contributed by atoms with Crippen molar-refractivity contribution in [1.82, 2.24) is 15.3 Å². The summed E-state index contributed by atoms with van der Waals surface area (Å²) in [5.74, 6) is -1.08. The fourth-order valence-electron chi connectivity index (χ4n) is 2.64. The molecule has 3 rings (SSSR count). The third-order valence-corrected chi connectivity index (χ3v) is 4.27. The largest absolute Gasteiger partial charge is 0.433 e. The summed E-state index contributed by atoms with van der Waals surface area (Å²) in [4.78, 5) is 20.4. The molecule has 0 aliphatic heterocycles. The number of anilines is 3. The molecule has 0 saturated carbocycles. The van der Waals surface area contributed by atoms with Gasteiger partial charge in [0.25, 0.3) is 0 Å². The molecular weight excluding hydrogens is 435 g/mol. The van der Waals surface area contributed by atoms with Gasteiger partial charge < -0.3 is 20.7 Å². The van der Waals surface area contributed by atoms with E-state index in [1.54, 1.807) is 13.1 Å². The number of nitrogens with zero attached hydrogens (tertiary/aromatic N) is 2. The molecular formula is C20H17ClF3N5O2. The molecule has 3 N–H and O–H groups in total. The van der Waals surface area contributed by atoms with E-state index in [0.717, 1.165) is 0 Å². The molecule has 0 aliphatic carbocycles. The van der Waals surface area contributed by atoms with E-state index in [0.29, 0.717) is 17.6 Å². The minimum Gasteiger partial charge on any atom is -0.433 e. The summed E-state index contributed by atoms with van der Waals surface area (Å²) in [7, 11) is 1.71. The van der Waals surface area contributed by atoms with Crippen LogP contribution < -0.4 is 20.7 Å². The highest BCUT2D eigenvalue weighted by molar-refractivity contribution is 6.31. The highest BCUT2D eigenvalue weighted by Crippen LogP contribution is 2.34. The van der Waals surface area contributed by atoms with Gasteiger partial charge >= 0.3 is 6.61 Å². The molecule has 0 atom stereocenters. The van der Waals surface area contributed by atoms with Crippen LogP contribution in [0.3, 0.4) is 0 Å². The molecule has 1 heterocycles. The van der Waals surface area contributed by atoms with Gasteiger partial charge in [-0.25, -0.2) is 14.4 Å². The molecule has 3 aromatic rings. The maximum Gasteiger partial charge on any atom is 0.387 e. The van der Waals surface area contributed by atoms with E-state index in [1.807, 2.05) is 0 Å². The number of aromatic nitrogens is 2. The van der Waals surface area contributed by atoms with Crippen LogP contribution in [0.5, 0.6) is 5.75 Å². The lowest BCUT2D eigenvalue weighted by molar-refractivity contribution is -0.112. The molecule has 0 fully saturated rings. The van der Waals surface area contributed by atoms with Crippen LogP contribution in [0.4, 0.5) is 30.4 Å². The predicted molar refractivity (Wildman–Crippen MR) is 113 cm³/mol. The van der Waals surface area contributed by atoms with E-state index < -0.39 is 18.3 Å². The third kappa shape index (κ3) is 5.83. The summed E-state index contributed by atoms with van der Waals surface area (Å²) in [6.45, 7) is -2.65. The van der Waals surface area contributed by atoms with E-state index in [2.05, 4.69) is 30.7 Å². The summed E-state index contributed by atoms with van der Waals surface area (Å²) in [6, 6.07) is 6.68. The number of amides is 1. The lowest BCUT2D eigenvalue weighted by Crippen LogP contribution is -2.13. The zero-order chi connectivity index (χ0) is 22.4. The van der Waals surface area contributed by atoms with E-state index in [1.165, 1.54) is 42.7 Å². The molecule has 0 aliphatic rings. The van der Waals surface area contributed by atoms with Crippen LogP contribution in [0, 0.1) is 5.82 Å². The Labute approximate surface area is 180 Å². The Morgan fingerprint density at radius 2 is 2.06 bits per heavy atom. The van der Waals surface area contributed by atoms with Crippen LogP contribution >= 0.6 is 11.6 Å². The third-order valence-electron chi connectivity index (χ3n) is 3.98. The van der Waals surface area contributed by atoms with Crippen molar-refractivity contribution in [2.45, 2.75) is 6.61 Å². The van der Waals surface area contributed by atoms with Crippen molar-refractivity contribution in [3.63, 3.8) is 0 Å². The van der Waals surface area contributed by atoms with Crippen LogP contribution in [0.25, 0.3) is 10.9 Å². The maximum atomic E-state index is 13.4. The van der Waals surface area contributed by atoms with Gasteiger partial charge in [-0.15, -0.1) is 0 Å². The van der Waals surface area contributed by atoms with Crippen molar-refractivity contribution in [1.29, 1.82) is 0 Å². The van der Waals surface area contributed by atoms with E-state index in [-0.39, 0.29) is 27.8 Å². The van der Waals surface area contributed by atoms with Crippen molar-refractivity contribution < 1.29 is 22.7 Å². The van der Waals surface area contributed by atoms with Crippen molar-refractivity contribution in [3.05, 3.63) is 59.7 Å². The molecule has 0 spiro atoms. The molecule has 7 nitrogen and oxygen atoms in total. The lowest BCUT2D eigenvalue weighted by Gasteiger charge is -2.14. The Balaban J connectivity index is 2.01. The zero-order valence-electron chi connectivity index (χ0n) is 16.1. The molecule has 2 aromatic carbocycles. The highest BCUT2D eigenvalue weighted by atomic mass is 35.5. The summed E-state index contributed by atoms with van der Waals surface area (Å²) >= 11 is 5.81. The van der Waals surface area contributed by atoms with Gasteiger partial charge in [-0.1, -0.05) is 17.7 Å². The molecule has 1 amide bonds. The molecule has 0 radical (unpaired) electrons. The van der Waals surface area contributed by atoms with Gasteiger partial charge in [0.05, 0.1) is 16.2 Å². The number of fused-ring (bicyclic) bond motifs is 1. The molecule has 162 valence electrons. The number of likely N-dealkylation sites (N-methyl/N-ethyl adjacent to an activating group) is 1. The average molecular weight is 452 g/mol. The van der Waals surface area contributed by atoms with Crippen molar-refractivity contribution in [2.24, 2.45) is 0 Å². The Morgan fingerprint density at radius 1 is 1.26 bits per heavy atom. The topological polar surface area (TPSA) is 88.2 Å². The zero-order valence-corrected chi connectivity index (χ0v) is 16.9. The molecule has 31 heavy (non-hydrogen) atoms. The summed E-state index contributed by atoms with van der Waals surface area (Å²) in [6.07, 6.45) is 4.05. The number of ether oxygens (including phenoxy) is 1. The number of hydrogen-bond acceptors (Lipinski definition) is 6. The second-order valence-corrected chi connectivity index (χ2v) is 6.58. The van der Waals surface area contributed by atoms with Crippen LogP contribution in [-0.2, 0) is 4.79 Å². The summed E-state index contributed by atoms with van der Waals surface area (Å²) < 4.78 is 43.7. The number of alkyl halides is 2. The molecule has 0 saturated heterocycles. The highest BCUT2D eigenvalue weighted by Gasteiger charge is 2.16. The predicted octanol–water partition coefficient (Wildman–Crippen LogP) is 4.48. The smallest absolute Gasteiger partial charge is 0.387 e. The molecule has 1 aromatic heterocycles. The number of carbonyl (C=O) groups is 1. The Hall–Kier alpha value is -3.37. The SMILES string of the molecule is CNC/C=C\C(=O)Nc1cc2c(Nc3ccc(F)c(Cl)c3)ncnc2cc1OC(F)F. The average Bonchev–Trinajstić information content (AvgIpc) is 2.71. The molecule has 0 bridgehead atoms. The fourth-order valence-corrected chi connectivity index (χ4v) is 2.82. The number of nitrogens with one attached hydrogen (secondary N) is 3. The first-order chi connectivity index (χ1) is 14.9. The van der Waals surface area contributed by atoms with Crippen LogP contribution in [-0.4, -0.2) is 36.1 Å². The first kappa shape index (κ1) is 22.3. The fraction of sp³-hybridized carbons (Fsp3) is 0.150. The quantitative estimate of drug-likeness (QED) is 0.438. The van der Waals surface area contributed by atoms with Crippen LogP contribution in [0.2, 0.25) is 5.02 Å². The normalized spacial score (nSPS) is 11.3. The van der Waals surface area contributed by atoms with Crippen molar-refractivity contribution in [2.75, 3.05) is 24.2 Å². The van der Waals surface area contributed by atoms with Gasteiger partial charge in [-0.05, 0) is 31.3 Å². The van der Waals surface area contributed by atoms with E-state index in [9.17, 15) is 18.0 Å². The van der Waals surface area contributed by atoms with Crippen molar-refractivity contribution >= 4 is 45.6 Å². The van der Waals surface area contributed by atoms with Gasteiger partial charge in [0.1, 0.15) is 18.0 Å². The van der Waals surface area contributed by atoms with Gasteiger partial charge in [-0.2, -0.15) is 8.78 Å². The number of hydrogen-bond donors (Lipinski definition) is 3. The number of carbonyl (C=O) groups excluding carboxylic acids is 1. The monoisotopic (exact) mass is 451 g/mol. The molecule has 0 unspecified atom stereocenters. The second-order valence-electron chi connectivity index (χ2n) is 6.17. The Bertz CT molecular complexity index is 1130. The van der Waals surface area contributed by atoms with Gasteiger partial charge in [0.2, 0.25) is 5.91 Å². The van der Waals surface area contributed by atoms with E-state index >= 15 is 0 Å². The van der Waals surface area contributed by atoms with Gasteiger partial charge in [0.15, 0.2) is 5.75 Å². The van der Waals surface area contributed by atoms with Crippen LogP contribution in [0.15, 0.2) is 48.8 Å². The minimum atomic E-state index is -3.10. The minimum absolute atomic E-state index is 0.00176. The van der Waals surface area contributed by atoms with Gasteiger partial charge in [0, 0.05) is 29.8 Å². The summed E-state index contributed by atoms with van der Waals surface area (Å²) in [5.41, 5.74) is 0.729. The standard InChI is InChI=1S/C20H17ClF3N5O2/c1-25-6-2-3-18(30)29-16-8-12-15(9-17(16)31-20(23)24)26-10-27-19(12)28-11-4-5-14(22)13(21)7-11/h2-5,7-10,20,25H,6H2,1H3,(H,29,30)(H,26,27,28)/b3-2-. The maximum absolute atomic E-state index is 13.4. The summed E-state index contributed by atoms with van der Waals surface area (Å²) in [5, 5.41) is 8.63. The van der Waals surface area contributed by atoms with Crippen molar-refractivity contribution in [3.8, 4) is 5.75 Å². The Kier molecular flexibility index (Phi) is 7.27. The first-order valence-electron chi connectivity index (χ1n) is 8.95. The van der Waals surface area contributed by atoms with Crippen LogP contribution in [0.1, 0.15) is 0 Å². The Morgan fingerprint density at radius 3 is 2.77 bits per heavy atom. The first-order valence-corrected chi connectivity index (χ1v) is 9.33. The number of rotatable bonds is 8. The second kappa shape index (κ2) is 10.1. The van der Waals surface area contributed by atoms with Gasteiger partial charge in [-0.3, -0.25) is 4.79 Å². The number of benzene rings is 2. The molecule has 11 heteroatoms. The number of halogens is 4. The van der Waals surface area contributed by atoms with E-state index in [4.69, 9.17) is 11.6 Å². The lowest BCUT2D eigenvalue weighted by atomic mass is 10.1.